The Bertz CT molecular complexity index is 617. The first-order valence-corrected chi connectivity index (χ1v) is 9.34. The Kier molecular flexibility index (Phi) is 10.6. The molecule has 0 aromatic heterocycles. The highest BCUT2D eigenvalue weighted by atomic mass is 16.7. The lowest BCUT2D eigenvalue weighted by molar-refractivity contribution is -0.270. The number of rotatable bonds is 11. The number of carboxylic acid groups (broad SMARTS) is 1. The summed E-state index contributed by atoms with van der Waals surface area (Å²) < 4.78 is 10.9. The second kappa shape index (κ2) is 12.4. The van der Waals surface area contributed by atoms with Crippen LogP contribution in [0.15, 0.2) is 0 Å². The fourth-order valence-corrected chi connectivity index (χ4v) is 2.81. The number of aliphatic carboxylic acids is 1. The first-order chi connectivity index (χ1) is 14.1. The maximum Gasteiger partial charge on any atom is 0.303 e. The van der Waals surface area contributed by atoms with Crippen molar-refractivity contribution in [1.82, 2.24) is 16.0 Å². The van der Waals surface area contributed by atoms with E-state index >= 15 is 0 Å². The SMILES string of the molecule is CC(=O)N[C@H]1[C@@H](OC[C@H](NC(C)=O)C(=O)NCCCC(=O)O)O[C@H](CO)[C@H](O)[C@@H]1O. The summed E-state index contributed by atoms with van der Waals surface area (Å²) in [5, 5.41) is 45.4. The number of carbonyl (C=O) groups excluding carboxylic acids is 3. The first kappa shape index (κ1) is 25.7. The zero-order chi connectivity index (χ0) is 22.8. The molecule has 0 aliphatic carbocycles. The first-order valence-electron chi connectivity index (χ1n) is 9.34. The Morgan fingerprint density at radius 1 is 1.10 bits per heavy atom. The van der Waals surface area contributed by atoms with Crippen molar-refractivity contribution >= 4 is 23.7 Å². The molecule has 1 fully saturated rings. The Hall–Kier alpha value is -2.32. The van der Waals surface area contributed by atoms with Gasteiger partial charge in [-0.25, -0.2) is 0 Å². The normalized spacial score (nSPS) is 27.0. The van der Waals surface area contributed by atoms with Crippen LogP contribution in [0.1, 0.15) is 26.7 Å². The van der Waals surface area contributed by atoms with E-state index in [4.69, 9.17) is 14.6 Å². The van der Waals surface area contributed by atoms with Crippen LogP contribution in [-0.4, -0.2) is 101 Å². The van der Waals surface area contributed by atoms with Crippen LogP contribution in [0.4, 0.5) is 0 Å². The van der Waals surface area contributed by atoms with Gasteiger partial charge < -0.3 is 45.9 Å². The summed E-state index contributed by atoms with van der Waals surface area (Å²) in [5.41, 5.74) is 0. The maximum absolute atomic E-state index is 12.3. The Labute approximate surface area is 172 Å². The molecule has 0 unspecified atom stereocenters. The van der Waals surface area contributed by atoms with E-state index in [1.54, 1.807) is 0 Å². The number of aliphatic hydroxyl groups is 3. The van der Waals surface area contributed by atoms with Crippen molar-refractivity contribution in [2.45, 2.75) is 63.4 Å². The maximum atomic E-state index is 12.3. The van der Waals surface area contributed by atoms with Gasteiger partial charge in [0.15, 0.2) is 6.29 Å². The molecule has 1 aliphatic heterocycles. The predicted octanol–water partition coefficient (Wildman–Crippen LogP) is -3.57. The van der Waals surface area contributed by atoms with Crippen LogP contribution >= 0.6 is 0 Å². The van der Waals surface area contributed by atoms with E-state index in [9.17, 15) is 34.5 Å². The molecule has 1 aliphatic rings. The van der Waals surface area contributed by atoms with Gasteiger partial charge in [0.25, 0.3) is 0 Å². The van der Waals surface area contributed by atoms with Crippen LogP contribution in [0, 0.1) is 0 Å². The van der Waals surface area contributed by atoms with Crippen molar-refractivity contribution in [1.29, 1.82) is 0 Å². The third-order valence-corrected chi connectivity index (χ3v) is 4.24. The molecule has 0 aromatic carbocycles. The van der Waals surface area contributed by atoms with Gasteiger partial charge in [0.2, 0.25) is 17.7 Å². The molecular formula is C17H29N3O10. The second-order valence-corrected chi connectivity index (χ2v) is 6.81. The van der Waals surface area contributed by atoms with Crippen LogP contribution in [0.25, 0.3) is 0 Å². The Morgan fingerprint density at radius 3 is 2.30 bits per heavy atom. The highest BCUT2D eigenvalue weighted by molar-refractivity contribution is 5.86. The van der Waals surface area contributed by atoms with E-state index in [0.717, 1.165) is 0 Å². The number of ether oxygens (including phenoxy) is 2. The van der Waals surface area contributed by atoms with Gasteiger partial charge in [0.1, 0.15) is 30.4 Å². The average molecular weight is 435 g/mol. The number of amides is 3. The summed E-state index contributed by atoms with van der Waals surface area (Å²) in [6.45, 7) is 1.37. The number of nitrogens with one attached hydrogen (secondary N) is 3. The summed E-state index contributed by atoms with van der Waals surface area (Å²) in [7, 11) is 0. The minimum atomic E-state index is -1.52. The number of hydrogen-bond donors (Lipinski definition) is 7. The summed E-state index contributed by atoms with van der Waals surface area (Å²) >= 11 is 0. The van der Waals surface area contributed by atoms with Gasteiger partial charge in [-0.2, -0.15) is 0 Å². The standard InChI is InChI=1S/C17H29N3O10/c1-8(22)19-10(16(28)18-5-3-4-12(24)25)7-29-17-13(20-9(2)23)15(27)14(26)11(6-21)30-17/h10-11,13-15,17,21,26-27H,3-7H2,1-2H3,(H,18,28)(H,19,22)(H,20,23)(H,24,25)/t10-,11+,13+,14-,15+,17-/m0/s1. The topological polar surface area (TPSA) is 204 Å². The van der Waals surface area contributed by atoms with Crippen molar-refractivity contribution < 1.29 is 49.1 Å². The van der Waals surface area contributed by atoms with E-state index in [-0.39, 0.29) is 19.4 Å². The zero-order valence-electron chi connectivity index (χ0n) is 16.7. The fourth-order valence-electron chi connectivity index (χ4n) is 2.81. The van der Waals surface area contributed by atoms with Crippen LogP contribution in [-0.2, 0) is 28.7 Å². The van der Waals surface area contributed by atoms with E-state index in [0.29, 0.717) is 0 Å². The van der Waals surface area contributed by atoms with Gasteiger partial charge in [0.05, 0.1) is 13.2 Å². The largest absolute Gasteiger partial charge is 0.481 e. The van der Waals surface area contributed by atoms with Crippen molar-refractivity contribution in [2.75, 3.05) is 19.8 Å². The van der Waals surface area contributed by atoms with E-state index < -0.39 is 73.6 Å². The molecule has 0 aromatic rings. The lowest BCUT2D eigenvalue weighted by Crippen LogP contribution is -2.65. The fraction of sp³-hybridized carbons (Fsp3) is 0.765. The third kappa shape index (κ3) is 8.20. The average Bonchev–Trinajstić information content (AvgIpc) is 2.66. The van der Waals surface area contributed by atoms with Gasteiger partial charge in [-0.05, 0) is 6.42 Å². The molecule has 30 heavy (non-hydrogen) atoms. The number of aliphatic hydroxyl groups excluding tert-OH is 3. The van der Waals surface area contributed by atoms with Crippen molar-refractivity contribution in [3.63, 3.8) is 0 Å². The molecule has 13 nitrogen and oxygen atoms in total. The lowest BCUT2D eigenvalue weighted by Gasteiger charge is -2.42. The second-order valence-electron chi connectivity index (χ2n) is 6.81. The number of carboxylic acids is 1. The van der Waals surface area contributed by atoms with E-state index in [2.05, 4.69) is 16.0 Å². The summed E-state index contributed by atoms with van der Waals surface area (Å²) in [6, 6.07) is -2.37. The van der Waals surface area contributed by atoms with Crippen molar-refractivity contribution in [3.8, 4) is 0 Å². The molecule has 6 atom stereocenters. The van der Waals surface area contributed by atoms with Gasteiger partial charge in [-0.1, -0.05) is 0 Å². The summed E-state index contributed by atoms with van der Waals surface area (Å²) in [6.07, 6.45) is -5.49. The molecular weight excluding hydrogens is 406 g/mol. The smallest absolute Gasteiger partial charge is 0.303 e. The molecule has 0 radical (unpaired) electrons. The van der Waals surface area contributed by atoms with Crippen LogP contribution < -0.4 is 16.0 Å². The van der Waals surface area contributed by atoms with Crippen molar-refractivity contribution in [2.24, 2.45) is 0 Å². The molecule has 172 valence electrons. The van der Waals surface area contributed by atoms with Gasteiger partial charge in [-0.15, -0.1) is 0 Å². The van der Waals surface area contributed by atoms with E-state index in [1.807, 2.05) is 0 Å². The van der Waals surface area contributed by atoms with Crippen LogP contribution in [0.2, 0.25) is 0 Å². The minimum Gasteiger partial charge on any atom is -0.481 e. The summed E-state index contributed by atoms with van der Waals surface area (Å²) in [4.78, 5) is 45.7. The van der Waals surface area contributed by atoms with Gasteiger partial charge in [0, 0.05) is 26.8 Å². The Morgan fingerprint density at radius 2 is 1.77 bits per heavy atom. The van der Waals surface area contributed by atoms with Crippen LogP contribution in [0.3, 0.4) is 0 Å². The quantitative estimate of drug-likeness (QED) is 0.159. The zero-order valence-corrected chi connectivity index (χ0v) is 16.7. The third-order valence-electron chi connectivity index (χ3n) is 4.24. The highest BCUT2D eigenvalue weighted by Gasteiger charge is 2.45. The molecule has 1 rings (SSSR count). The lowest BCUT2D eigenvalue weighted by atomic mass is 9.97. The van der Waals surface area contributed by atoms with E-state index in [1.165, 1.54) is 13.8 Å². The molecule has 0 bridgehead atoms. The monoisotopic (exact) mass is 435 g/mol. The molecule has 0 spiro atoms. The number of carbonyl (C=O) groups is 4. The molecule has 13 heteroatoms. The molecule has 3 amide bonds. The van der Waals surface area contributed by atoms with Gasteiger partial charge in [-0.3, -0.25) is 19.2 Å². The predicted molar refractivity (Wildman–Crippen MR) is 98.8 cm³/mol. The minimum absolute atomic E-state index is 0.0627. The van der Waals surface area contributed by atoms with Crippen molar-refractivity contribution in [3.05, 3.63) is 0 Å². The van der Waals surface area contributed by atoms with Gasteiger partial charge >= 0.3 is 5.97 Å². The number of hydrogen-bond acceptors (Lipinski definition) is 9. The molecule has 1 saturated heterocycles. The summed E-state index contributed by atoms with van der Waals surface area (Å²) in [5.74, 6) is -2.72. The molecule has 7 N–H and O–H groups in total. The highest BCUT2D eigenvalue weighted by Crippen LogP contribution is 2.22. The Balaban J connectivity index is 2.79. The molecule has 1 heterocycles. The molecule has 0 saturated carbocycles. The van der Waals surface area contributed by atoms with Crippen LogP contribution in [0.5, 0.6) is 0 Å².